The molecule has 1 aromatic carbocycles. The Morgan fingerprint density at radius 1 is 1.12 bits per heavy atom. The molecule has 3 rings (SSSR count). The van der Waals surface area contributed by atoms with Crippen molar-refractivity contribution in [2.75, 3.05) is 13.2 Å². The van der Waals surface area contributed by atoms with Crippen molar-refractivity contribution >= 4 is 36.6 Å². The zero-order valence-corrected chi connectivity index (χ0v) is 20.4. The molecule has 8 nitrogen and oxygen atoms in total. The minimum Gasteiger partial charge on any atom is -0.461 e. The van der Waals surface area contributed by atoms with Gasteiger partial charge in [-0.1, -0.05) is 30.3 Å². The van der Waals surface area contributed by atoms with Crippen molar-refractivity contribution in [1.29, 1.82) is 0 Å². The number of carbonyl (C=O) groups excluding carboxylic acids is 2. The highest BCUT2D eigenvalue weighted by molar-refractivity contribution is 7.10. The van der Waals surface area contributed by atoms with Gasteiger partial charge >= 0.3 is 19.2 Å². The quantitative estimate of drug-likeness (QED) is 0.453. The molecule has 0 radical (unpaired) electrons. The van der Waals surface area contributed by atoms with Crippen LogP contribution in [0.4, 0.5) is 4.79 Å². The van der Waals surface area contributed by atoms with Crippen LogP contribution in [0.15, 0.2) is 41.2 Å². The van der Waals surface area contributed by atoms with E-state index in [1.807, 2.05) is 58.0 Å². The van der Waals surface area contributed by atoms with Crippen LogP contribution in [0.3, 0.4) is 0 Å². The van der Waals surface area contributed by atoms with Crippen LogP contribution >= 0.6 is 11.3 Å². The van der Waals surface area contributed by atoms with E-state index < -0.39 is 30.4 Å². The summed E-state index contributed by atoms with van der Waals surface area (Å²) in [6.07, 6.45) is 1.19. The van der Waals surface area contributed by atoms with Crippen LogP contribution < -0.4 is 5.32 Å². The van der Waals surface area contributed by atoms with Gasteiger partial charge in [0.15, 0.2) is 5.69 Å². The number of alkyl carbamates (subject to hydrolysis) is 1. The highest BCUT2D eigenvalue weighted by Gasteiger charge is 2.52. The number of nitrogens with zero attached hydrogens (tertiary/aromatic N) is 1. The molecule has 1 aliphatic heterocycles. The lowest BCUT2D eigenvalue weighted by Crippen LogP contribution is -2.41. The molecular weight excluding hydrogens is 443 g/mol. The number of hydrogen-bond donors (Lipinski definition) is 1. The predicted octanol–water partition coefficient (Wildman–Crippen LogP) is 4.26. The topological polar surface area (TPSA) is 96.0 Å². The lowest BCUT2D eigenvalue weighted by atomic mass is 9.77. The third-order valence-electron chi connectivity index (χ3n) is 5.52. The van der Waals surface area contributed by atoms with Gasteiger partial charge in [-0.15, -0.1) is 11.3 Å². The summed E-state index contributed by atoms with van der Waals surface area (Å²) >= 11 is 1.29. The Labute approximate surface area is 198 Å². The molecule has 10 heteroatoms. The SMILES string of the molecule is CCOC(=O)c1csc(C=C(CNC(=O)OCc2ccccc2)B2OC(C)(C)C(C)(C)O2)n1. The number of thiazole rings is 1. The Hall–Kier alpha value is -2.69. The normalized spacial score (nSPS) is 17.0. The van der Waals surface area contributed by atoms with Crippen LogP contribution in [0.1, 0.15) is 55.7 Å². The molecule has 0 spiro atoms. The van der Waals surface area contributed by atoms with Crippen LogP contribution in [0.25, 0.3) is 6.08 Å². The summed E-state index contributed by atoms with van der Waals surface area (Å²) in [5, 5.41) is 4.95. The average Bonchev–Trinajstić information content (AvgIpc) is 3.32. The Balaban J connectivity index is 1.73. The number of aromatic nitrogens is 1. The van der Waals surface area contributed by atoms with E-state index in [-0.39, 0.29) is 25.5 Å². The first-order valence-corrected chi connectivity index (χ1v) is 11.6. The molecule has 1 aromatic heterocycles. The third-order valence-corrected chi connectivity index (χ3v) is 6.31. The highest BCUT2D eigenvalue weighted by atomic mass is 32.1. The lowest BCUT2D eigenvalue weighted by molar-refractivity contribution is 0.00578. The van der Waals surface area contributed by atoms with Gasteiger partial charge < -0.3 is 24.1 Å². The molecule has 1 aliphatic rings. The van der Waals surface area contributed by atoms with Crippen molar-refractivity contribution in [2.24, 2.45) is 0 Å². The molecule has 2 heterocycles. The fourth-order valence-corrected chi connectivity index (χ4v) is 3.71. The summed E-state index contributed by atoms with van der Waals surface area (Å²) in [5.74, 6) is -0.479. The second-order valence-corrected chi connectivity index (χ2v) is 9.40. The molecule has 1 saturated heterocycles. The molecule has 1 N–H and O–H groups in total. The van der Waals surface area contributed by atoms with Crippen molar-refractivity contribution in [3.63, 3.8) is 0 Å². The molecule has 176 valence electrons. The maximum absolute atomic E-state index is 12.3. The molecule has 2 aromatic rings. The minimum atomic E-state index is -0.695. The molecule has 1 amide bonds. The summed E-state index contributed by atoms with van der Waals surface area (Å²) in [6.45, 7) is 10.1. The second kappa shape index (κ2) is 10.5. The van der Waals surface area contributed by atoms with Crippen molar-refractivity contribution in [3.05, 3.63) is 57.4 Å². The second-order valence-electron chi connectivity index (χ2n) is 8.51. The van der Waals surface area contributed by atoms with E-state index in [0.29, 0.717) is 10.5 Å². The third kappa shape index (κ3) is 6.43. The van der Waals surface area contributed by atoms with Crippen molar-refractivity contribution < 1.29 is 28.4 Å². The summed E-state index contributed by atoms with van der Waals surface area (Å²) in [5.41, 5.74) is 0.669. The Morgan fingerprint density at radius 2 is 1.79 bits per heavy atom. The molecule has 0 bridgehead atoms. The Kier molecular flexibility index (Phi) is 7.94. The van der Waals surface area contributed by atoms with Gasteiger partial charge in [0.05, 0.1) is 17.8 Å². The van der Waals surface area contributed by atoms with Gasteiger partial charge in [0.25, 0.3) is 0 Å². The monoisotopic (exact) mass is 472 g/mol. The van der Waals surface area contributed by atoms with Crippen LogP contribution in [-0.2, 0) is 25.4 Å². The van der Waals surface area contributed by atoms with Gasteiger partial charge in [-0.25, -0.2) is 14.6 Å². The largest absolute Gasteiger partial charge is 0.492 e. The molecule has 33 heavy (non-hydrogen) atoms. The number of hydrogen-bond acceptors (Lipinski definition) is 8. The van der Waals surface area contributed by atoms with E-state index in [9.17, 15) is 9.59 Å². The summed E-state index contributed by atoms with van der Waals surface area (Å²) < 4.78 is 22.6. The lowest BCUT2D eigenvalue weighted by Gasteiger charge is -2.32. The molecular formula is C23H29BN2O6S. The van der Waals surface area contributed by atoms with Gasteiger partial charge in [0.2, 0.25) is 0 Å². The summed E-state index contributed by atoms with van der Waals surface area (Å²) in [7, 11) is -0.695. The number of carbonyl (C=O) groups is 2. The first-order chi connectivity index (χ1) is 15.6. The van der Waals surface area contributed by atoms with Gasteiger partial charge in [-0.2, -0.15) is 0 Å². The first kappa shape index (κ1) is 24.9. The van der Waals surface area contributed by atoms with Crippen molar-refractivity contribution in [3.8, 4) is 0 Å². The van der Waals surface area contributed by atoms with Crippen molar-refractivity contribution in [1.82, 2.24) is 10.3 Å². The number of rotatable bonds is 8. The molecule has 0 atom stereocenters. The number of benzene rings is 1. The zero-order valence-electron chi connectivity index (χ0n) is 19.5. The van der Waals surface area contributed by atoms with Crippen LogP contribution in [0, 0.1) is 0 Å². The predicted molar refractivity (Wildman–Crippen MR) is 127 cm³/mol. The van der Waals surface area contributed by atoms with E-state index in [1.165, 1.54) is 11.3 Å². The van der Waals surface area contributed by atoms with Gasteiger partial charge in [0.1, 0.15) is 11.6 Å². The molecule has 0 unspecified atom stereocenters. The van der Waals surface area contributed by atoms with E-state index in [2.05, 4.69) is 10.3 Å². The maximum atomic E-state index is 12.3. The van der Waals surface area contributed by atoms with E-state index in [1.54, 1.807) is 18.4 Å². The van der Waals surface area contributed by atoms with Crippen LogP contribution in [0.5, 0.6) is 0 Å². The molecule has 1 fully saturated rings. The van der Waals surface area contributed by atoms with Gasteiger partial charge in [-0.05, 0) is 51.7 Å². The number of amides is 1. The smallest absolute Gasteiger partial charge is 0.461 e. The van der Waals surface area contributed by atoms with Crippen LogP contribution in [0.2, 0.25) is 0 Å². The number of ether oxygens (including phenoxy) is 2. The average molecular weight is 472 g/mol. The summed E-state index contributed by atoms with van der Waals surface area (Å²) in [4.78, 5) is 28.6. The summed E-state index contributed by atoms with van der Waals surface area (Å²) in [6, 6.07) is 9.43. The van der Waals surface area contributed by atoms with E-state index in [4.69, 9.17) is 18.8 Å². The van der Waals surface area contributed by atoms with Crippen LogP contribution in [-0.4, -0.2) is 48.5 Å². The first-order valence-electron chi connectivity index (χ1n) is 10.7. The van der Waals surface area contributed by atoms with E-state index >= 15 is 0 Å². The molecule has 0 saturated carbocycles. The van der Waals surface area contributed by atoms with Crippen molar-refractivity contribution in [2.45, 2.75) is 52.4 Å². The standard InChI is InChI=1S/C23H29BN2O6S/c1-6-29-20(27)18-15-33-19(26-18)12-17(24-31-22(2,3)23(4,5)32-24)13-25-21(28)30-14-16-10-8-7-9-11-16/h7-12,15H,6,13-14H2,1-5H3,(H,25,28). The Bertz CT molecular complexity index is 989. The van der Waals surface area contributed by atoms with Gasteiger partial charge in [-0.3, -0.25) is 0 Å². The zero-order chi connectivity index (χ0) is 24.1. The van der Waals surface area contributed by atoms with E-state index in [0.717, 1.165) is 5.56 Å². The minimum absolute atomic E-state index is 0.124. The fourth-order valence-electron chi connectivity index (χ4n) is 2.96. The van der Waals surface area contributed by atoms with Gasteiger partial charge in [0, 0.05) is 11.9 Å². The maximum Gasteiger partial charge on any atom is 0.492 e. The number of nitrogens with one attached hydrogen (secondary N) is 1. The fraction of sp³-hybridized carbons (Fsp3) is 0.435. The molecule has 0 aliphatic carbocycles. The highest BCUT2D eigenvalue weighted by Crippen LogP contribution is 2.38. The number of esters is 1. The Morgan fingerprint density at radius 3 is 2.42 bits per heavy atom.